The van der Waals surface area contributed by atoms with E-state index in [9.17, 15) is 13.2 Å². The van der Waals surface area contributed by atoms with Gasteiger partial charge in [-0.25, -0.2) is 8.42 Å². The first-order valence-corrected chi connectivity index (χ1v) is 10.5. The number of carbonyl (C=O) groups excluding carboxylic acids is 1. The molecule has 2 aromatic rings. The molecule has 1 saturated carbocycles. The van der Waals surface area contributed by atoms with E-state index in [1.807, 2.05) is 19.1 Å². The highest BCUT2D eigenvalue weighted by atomic mass is 32.2. The van der Waals surface area contributed by atoms with Crippen molar-refractivity contribution in [1.29, 1.82) is 0 Å². The third-order valence-corrected chi connectivity index (χ3v) is 6.24. The predicted octanol–water partition coefficient (Wildman–Crippen LogP) is 2.57. The van der Waals surface area contributed by atoms with Crippen LogP contribution >= 0.6 is 0 Å². The molecule has 0 aliphatic heterocycles. The fourth-order valence-corrected chi connectivity index (χ4v) is 4.06. The van der Waals surface area contributed by atoms with Crippen LogP contribution in [0.5, 0.6) is 0 Å². The van der Waals surface area contributed by atoms with E-state index in [-0.39, 0.29) is 16.8 Å². The molecule has 0 bridgehead atoms. The van der Waals surface area contributed by atoms with Crippen molar-refractivity contribution < 1.29 is 13.2 Å². The molecule has 0 radical (unpaired) electrons. The van der Waals surface area contributed by atoms with Gasteiger partial charge in [0.2, 0.25) is 0 Å². The Hall–Kier alpha value is -2.38. The number of benzene rings is 2. The van der Waals surface area contributed by atoms with Crippen LogP contribution in [0.3, 0.4) is 0 Å². The third kappa shape index (κ3) is 4.67. The Labute approximate surface area is 160 Å². The van der Waals surface area contributed by atoms with Crippen LogP contribution in [0.25, 0.3) is 0 Å². The predicted molar refractivity (Wildman–Crippen MR) is 106 cm³/mol. The van der Waals surface area contributed by atoms with Gasteiger partial charge in [-0.05, 0) is 61.9 Å². The van der Waals surface area contributed by atoms with Gasteiger partial charge in [0, 0.05) is 18.2 Å². The second-order valence-electron chi connectivity index (χ2n) is 7.11. The van der Waals surface area contributed by atoms with E-state index in [2.05, 4.69) is 10.0 Å². The van der Waals surface area contributed by atoms with Gasteiger partial charge in [-0.3, -0.25) is 9.52 Å². The largest absolute Gasteiger partial charge is 0.350 e. The highest BCUT2D eigenvalue weighted by Gasteiger charge is 2.28. The number of nitrogens with two attached hydrogens (primary N) is 1. The molecule has 0 aromatic heterocycles. The number of nitrogens with one attached hydrogen (secondary N) is 2. The molecule has 6 nitrogen and oxygen atoms in total. The number of aryl methyl sites for hydroxylation is 2. The Bertz CT molecular complexity index is 953. The molecule has 1 amide bonds. The van der Waals surface area contributed by atoms with Crippen molar-refractivity contribution in [1.82, 2.24) is 5.32 Å². The summed E-state index contributed by atoms with van der Waals surface area (Å²) in [6, 6.07) is 11.6. The zero-order valence-corrected chi connectivity index (χ0v) is 16.3. The minimum absolute atomic E-state index is 0.0491. The number of sulfonamides is 1. The van der Waals surface area contributed by atoms with Gasteiger partial charge in [-0.1, -0.05) is 24.3 Å². The number of hydrogen-bond acceptors (Lipinski definition) is 4. The van der Waals surface area contributed by atoms with Gasteiger partial charge in [0.05, 0.1) is 10.6 Å². The molecule has 27 heavy (non-hydrogen) atoms. The molecular weight excluding hydrogens is 362 g/mol. The molecule has 3 rings (SSSR count). The highest BCUT2D eigenvalue weighted by Crippen LogP contribution is 2.31. The first-order valence-electron chi connectivity index (χ1n) is 9.01. The lowest BCUT2D eigenvalue weighted by Gasteiger charge is -2.14. The molecule has 0 spiro atoms. The average Bonchev–Trinajstić information content (AvgIpc) is 3.46. The van der Waals surface area contributed by atoms with Crippen molar-refractivity contribution >= 4 is 21.6 Å². The molecule has 7 heteroatoms. The standard InChI is InChI=1S/C20H25N3O3S/c1-13-7-10-16(27(25,26)23-19-6-4-3-5-14(19)2)11-17(13)20(24)22-12-18(21)15-8-9-15/h3-7,10-11,15,18,23H,8-9,12,21H2,1-2H3,(H,22,24). The van der Waals surface area contributed by atoms with E-state index in [4.69, 9.17) is 5.73 Å². The van der Waals surface area contributed by atoms with Crippen LogP contribution in [0.2, 0.25) is 0 Å². The Morgan fingerprint density at radius 1 is 1.15 bits per heavy atom. The van der Waals surface area contributed by atoms with Crippen LogP contribution in [0.1, 0.15) is 34.3 Å². The summed E-state index contributed by atoms with van der Waals surface area (Å²) in [7, 11) is -3.80. The van der Waals surface area contributed by atoms with Crippen LogP contribution in [0, 0.1) is 19.8 Å². The van der Waals surface area contributed by atoms with Crippen molar-refractivity contribution in [2.45, 2.75) is 37.6 Å². The van der Waals surface area contributed by atoms with Crippen molar-refractivity contribution in [3.8, 4) is 0 Å². The van der Waals surface area contributed by atoms with E-state index in [1.54, 1.807) is 25.1 Å². The number of anilines is 1. The number of carbonyl (C=O) groups is 1. The van der Waals surface area contributed by atoms with Gasteiger partial charge in [-0.15, -0.1) is 0 Å². The van der Waals surface area contributed by atoms with E-state index in [0.717, 1.165) is 18.4 Å². The van der Waals surface area contributed by atoms with Gasteiger partial charge in [0.15, 0.2) is 0 Å². The minimum atomic E-state index is -3.80. The maximum Gasteiger partial charge on any atom is 0.261 e. The molecule has 1 aliphatic rings. The fourth-order valence-electron chi connectivity index (χ4n) is 2.90. The molecular formula is C20H25N3O3S. The smallest absolute Gasteiger partial charge is 0.261 e. The summed E-state index contributed by atoms with van der Waals surface area (Å²) in [6.07, 6.45) is 2.21. The summed E-state index contributed by atoms with van der Waals surface area (Å²) in [5.41, 5.74) is 8.40. The lowest BCUT2D eigenvalue weighted by molar-refractivity contribution is 0.0949. The first-order chi connectivity index (χ1) is 12.8. The van der Waals surface area contributed by atoms with Crippen LogP contribution in [-0.4, -0.2) is 26.9 Å². The number of hydrogen-bond donors (Lipinski definition) is 3. The number of para-hydroxylation sites is 1. The summed E-state index contributed by atoms with van der Waals surface area (Å²) in [4.78, 5) is 12.6. The zero-order chi connectivity index (χ0) is 19.6. The summed E-state index contributed by atoms with van der Waals surface area (Å²) >= 11 is 0. The Balaban J connectivity index is 1.79. The van der Waals surface area contributed by atoms with E-state index >= 15 is 0 Å². The second-order valence-corrected chi connectivity index (χ2v) is 8.79. The van der Waals surface area contributed by atoms with E-state index in [1.165, 1.54) is 12.1 Å². The monoisotopic (exact) mass is 387 g/mol. The van der Waals surface area contributed by atoms with Crippen LogP contribution in [0.4, 0.5) is 5.69 Å². The minimum Gasteiger partial charge on any atom is -0.350 e. The van der Waals surface area contributed by atoms with Gasteiger partial charge in [0.25, 0.3) is 15.9 Å². The van der Waals surface area contributed by atoms with Crippen LogP contribution in [0.15, 0.2) is 47.4 Å². The molecule has 144 valence electrons. The fraction of sp³-hybridized carbons (Fsp3) is 0.350. The lowest BCUT2D eigenvalue weighted by atomic mass is 10.1. The summed E-state index contributed by atoms with van der Waals surface area (Å²) in [6.45, 7) is 4.00. The summed E-state index contributed by atoms with van der Waals surface area (Å²) in [5.74, 6) is 0.174. The third-order valence-electron chi connectivity index (χ3n) is 4.88. The molecule has 1 unspecified atom stereocenters. The Morgan fingerprint density at radius 2 is 1.85 bits per heavy atom. The van der Waals surface area contributed by atoms with Crippen LogP contribution < -0.4 is 15.8 Å². The SMILES string of the molecule is Cc1ccccc1NS(=O)(=O)c1ccc(C)c(C(=O)NCC(N)C2CC2)c1. The molecule has 2 aromatic carbocycles. The van der Waals surface area contributed by atoms with Crippen molar-refractivity contribution in [3.05, 3.63) is 59.2 Å². The van der Waals surface area contributed by atoms with E-state index in [0.29, 0.717) is 29.3 Å². The first kappa shape index (κ1) is 19.4. The van der Waals surface area contributed by atoms with Gasteiger partial charge < -0.3 is 11.1 Å². The molecule has 1 fully saturated rings. The van der Waals surface area contributed by atoms with Crippen molar-refractivity contribution in [3.63, 3.8) is 0 Å². The normalized spacial score (nSPS) is 15.2. The topological polar surface area (TPSA) is 101 Å². The molecule has 1 atom stereocenters. The Kier molecular flexibility index (Phi) is 5.53. The van der Waals surface area contributed by atoms with Gasteiger partial charge in [0.1, 0.15) is 0 Å². The Morgan fingerprint density at radius 3 is 2.52 bits per heavy atom. The average molecular weight is 388 g/mol. The number of rotatable bonds is 7. The van der Waals surface area contributed by atoms with Crippen LogP contribution in [-0.2, 0) is 10.0 Å². The lowest BCUT2D eigenvalue weighted by Crippen LogP contribution is -2.38. The molecule has 0 heterocycles. The van der Waals surface area contributed by atoms with Gasteiger partial charge in [-0.2, -0.15) is 0 Å². The molecule has 4 N–H and O–H groups in total. The molecule has 1 aliphatic carbocycles. The van der Waals surface area contributed by atoms with Crippen molar-refractivity contribution in [2.75, 3.05) is 11.3 Å². The quantitative estimate of drug-likeness (QED) is 0.679. The number of amides is 1. The van der Waals surface area contributed by atoms with Gasteiger partial charge >= 0.3 is 0 Å². The van der Waals surface area contributed by atoms with E-state index < -0.39 is 10.0 Å². The maximum atomic E-state index is 12.7. The zero-order valence-electron chi connectivity index (χ0n) is 15.5. The summed E-state index contributed by atoms with van der Waals surface area (Å²) < 4.78 is 28.1. The second kappa shape index (κ2) is 7.70. The highest BCUT2D eigenvalue weighted by molar-refractivity contribution is 7.92. The molecule has 0 saturated heterocycles. The maximum absolute atomic E-state index is 12.7. The summed E-state index contributed by atoms with van der Waals surface area (Å²) in [5, 5.41) is 2.82. The van der Waals surface area contributed by atoms with Crippen molar-refractivity contribution in [2.24, 2.45) is 11.7 Å².